The van der Waals surface area contributed by atoms with E-state index in [1.165, 1.54) is 18.2 Å². The van der Waals surface area contributed by atoms with Gasteiger partial charge < -0.3 is 10.2 Å². The molecular weight excluding hydrogens is 352 g/mol. The smallest absolute Gasteiger partial charge is 0.235 e. The maximum atomic E-state index is 13.3. The monoisotopic (exact) mass is 375 g/mol. The van der Waals surface area contributed by atoms with Gasteiger partial charge in [0.1, 0.15) is 23.5 Å². The molecule has 0 aromatic heterocycles. The third-order valence-corrected chi connectivity index (χ3v) is 4.78. The van der Waals surface area contributed by atoms with Crippen LogP contribution in [0.3, 0.4) is 0 Å². The van der Waals surface area contributed by atoms with Crippen molar-refractivity contribution in [1.82, 2.24) is 10.2 Å². The Kier molecular flexibility index (Phi) is 5.68. The summed E-state index contributed by atoms with van der Waals surface area (Å²) in [7, 11) is 0. The van der Waals surface area contributed by atoms with E-state index >= 15 is 0 Å². The summed E-state index contributed by atoms with van der Waals surface area (Å²) in [4.78, 5) is 31.6. The summed E-state index contributed by atoms with van der Waals surface area (Å²) in [6, 6.07) is 2.64. The molecule has 0 spiro atoms. The van der Waals surface area contributed by atoms with Crippen LogP contribution >= 0.6 is 0 Å². The van der Waals surface area contributed by atoms with Crippen molar-refractivity contribution >= 4 is 23.6 Å². The number of hydrogen-bond donors (Lipinski definition) is 1. The molecule has 0 bridgehead atoms. The molecule has 1 aromatic rings. The third kappa shape index (κ3) is 3.91. The van der Waals surface area contributed by atoms with Crippen LogP contribution in [0.25, 0.3) is 6.08 Å². The summed E-state index contributed by atoms with van der Waals surface area (Å²) in [6.45, 7) is 4.45. The molecule has 3 rings (SSSR count). The summed E-state index contributed by atoms with van der Waals surface area (Å²) < 4.78 is 26.6. The van der Waals surface area contributed by atoms with Gasteiger partial charge in [-0.15, -0.1) is 0 Å². The Labute approximate surface area is 157 Å². The average molecular weight is 375 g/mol. The van der Waals surface area contributed by atoms with Crippen LogP contribution in [0, 0.1) is 17.6 Å². The van der Waals surface area contributed by atoms with Crippen LogP contribution in [0.1, 0.15) is 38.7 Å². The zero-order valence-electron chi connectivity index (χ0n) is 15.4. The second kappa shape index (κ2) is 7.98. The van der Waals surface area contributed by atoms with Crippen LogP contribution in [0.4, 0.5) is 8.78 Å². The van der Waals surface area contributed by atoms with Gasteiger partial charge in [-0.05, 0) is 36.6 Å². The first kappa shape index (κ1) is 19.2. The Morgan fingerprint density at radius 1 is 1.11 bits per heavy atom. The number of amidine groups is 1. The predicted molar refractivity (Wildman–Crippen MR) is 98.9 cm³/mol. The first-order chi connectivity index (χ1) is 12.9. The van der Waals surface area contributed by atoms with Gasteiger partial charge in [0, 0.05) is 12.6 Å². The highest BCUT2D eigenvalue weighted by atomic mass is 19.1. The Morgan fingerprint density at radius 3 is 2.44 bits per heavy atom. The molecule has 1 saturated heterocycles. The van der Waals surface area contributed by atoms with Gasteiger partial charge in [0.25, 0.3) is 0 Å². The van der Waals surface area contributed by atoms with E-state index in [0.717, 1.165) is 18.9 Å². The Bertz CT molecular complexity index is 786. The van der Waals surface area contributed by atoms with Crippen LogP contribution in [0.2, 0.25) is 0 Å². The molecule has 0 radical (unpaired) electrons. The number of likely N-dealkylation sites (tertiary alicyclic amines) is 1. The number of piperidine rings is 1. The lowest BCUT2D eigenvalue weighted by Gasteiger charge is -2.38. The second-order valence-electron chi connectivity index (χ2n) is 6.86. The zero-order valence-corrected chi connectivity index (χ0v) is 15.4. The lowest BCUT2D eigenvalue weighted by Crippen LogP contribution is -2.61. The molecule has 27 heavy (non-hydrogen) atoms. The van der Waals surface area contributed by atoms with Crippen molar-refractivity contribution in [3.8, 4) is 0 Å². The number of aliphatic imine (C=N–C) groups is 1. The zero-order chi connectivity index (χ0) is 19.6. The Hall–Kier alpha value is -2.57. The van der Waals surface area contributed by atoms with Crippen molar-refractivity contribution in [2.45, 2.75) is 45.3 Å². The molecule has 1 aromatic carbocycles. The molecule has 3 atom stereocenters. The molecule has 1 fully saturated rings. The van der Waals surface area contributed by atoms with E-state index in [9.17, 15) is 18.4 Å². The maximum absolute atomic E-state index is 13.3. The summed E-state index contributed by atoms with van der Waals surface area (Å²) in [5, 5.41) is 3.07. The number of halogens is 2. The molecular formula is C20H23F2N3O2. The number of benzene rings is 1. The first-order valence-corrected chi connectivity index (χ1v) is 9.27. The lowest BCUT2D eigenvalue weighted by molar-refractivity contribution is -0.150. The highest BCUT2D eigenvalue weighted by molar-refractivity contribution is 6.11. The molecule has 2 aliphatic heterocycles. The standard InChI is InChI=1S/C20H23F2N3O2/c1-3-5-15-18(26)17-19(25(8-4-2)20(15)27)24-16(23-17)7-6-12-9-13(21)11-14(22)10-12/h6-7,9-11,15,17,19H,3-5,8H2,1-2H3,(H,23,24)/b7-6+. The number of carbonyl (C=O) groups is 2. The van der Waals surface area contributed by atoms with Crippen LogP contribution < -0.4 is 5.32 Å². The van der Waals surface area contributed by atoms with Crippen LogP contribution in [-0.4, -0.2) is 41.2 Å². The fourth-order valence-corrected chi connectivity index (χ4v) is 3.60. The number of rotatable bonds is 6. The number of hydrogen-bond acceptors (Lipinski definition) is 4. The number of nitrogens with zero attached hydrogens (tertiary/aromatic N) is 2. The van der Waals surface area contributed by atoms with E-state index in [4.69, 9.17) is 0 Å². The van der Waals surface area contributed by atoms with Gasteiger partial charge >= 0.3 is 0 Å². The highest BCUT2D eigenvalue weighted by Crippen LogP contribution is 2.28. The van der Waals surface area contributed by atoms with Gasteiger partial charge in [0.2, 0.25) is 5.91 Å². The number of ketones is 1. The van der Waals surface area contributed by atoms with Crippen molar-refractivity contribution in [3.05, 3.63) is 41.5 Å². The molecule has 2 aliphatic rings. The Balaban J connectivity index is 1.84. The summed E-state index contributed by atoms with van der Waals surface area (Å²) in [5.74, 6) is -1.83. The average Bonchev–Trinajstić information content (AvgIpc) is 3.04. The van der Waals surface area contributed by atoms with Gasteiger partial charge in [0.05, 0.1) is 5.92 Å². The number of carbonyl (C=O) groups excluding carboxylic acids is 2. The summed E-state index contributed by atoms with van der Waals surface area (Å²) in [6.07, 6.45) is 4.57. The number of nitrogens with one attached hydrogen (secondary N) is 1. The number of fused-ring (bicyclic) bond motifs is 1. The third-order valence-electron chi connectivity index (χ3n) is 4.78. The normalized spacial score (nSPS) is 25.0. The number of Topliss-reactive ketones (excluding diaryl/α,β-unsaturated/α-hetero) is 1. The van der Waals surface area contributed by atoms with Crippen LogP contribution in [-0.2, 0) is 9.59 Å². The van der Waals surface area contributed by atoms with Gasteiger partial charge in [-0.3, -0.25) is 9.59 Å². The summed E-state index contributed by atoms with van der Waals surface area (Å²) in [5.41, 5.74) is 0.351. The highest BCUT2D eigenvalue weighted by Gasteiger charge is 2.49. The molecule has 1 N–H and O–H groups in total. The SMILES string of the molecule is CCCC1C(=O)C2NC(/C=C/c3cc(F)cc(F)c3)=NC2N(CCC)C1=O. The van der Waals surface area contributed by atoms with Gasteiger partial charge in [0.15, 0.2) is 11.9 Å². The fourth-order valence-electron chi connectivity index (χ4n) is 3.60. The maximum Gasteiger partial charge on any atom is 0.235 e. The minimum Gasteiger partial charge on any atom is -0.357 e. The molecule has 1 amide bonds. The molecule has 2 heterocycles. The molecule has 0 aliphatic carbocycles. The predicted octanol–water partition coefficient (Wildman–Crippen LogP) is 2.91. The topological polar surface area (TPSA) is 61.8 Å². The van der Waals surface area contributed by atoms with E-state index in [2.05, 4.69) is 10.3 Å². The first-order valence-electron chi connectivity index (χ1n) is 9.27. The molecule has 7 heteroatoms. The van der Waals surface area contributed by atoms with E-state index in [1.54, 1.807) is 11.0 Å². The molecule has 3 unspecified atom stereocenters. The second-order valence-corrected chi connectivity index (χ2v) is 6.86. The van der Waals surface area contributed by atoms with E-state index < -0.39 is 29.8 Å². The van der Waals surface area contributed by atoms with Crippen molar-refractivity contribution < 1.29 is 18.4 Å². The minimum atomic E-state index is -0.665. The lowest BCUT2D eigenvalue weighted by atomic mass is 9.86. The van der Waals surface area contributed by atoms with Crippen molar-refractivity contribution in [1.29, 1.82) is 0 Å². The van der Waals surface area contributed by atoms with E-state index in [-0.39, 0.29) is 11.7 Å². The fraction of sp³-hybridized carbons (Fsp3) is 0.450. The van der Waals surface area contributed by atoms with E-state index in [1.807, 2.05) is 13.8 Å². The summed E-state index contributed by atoms with van der Waals surface area (Å²) >= 11 is 0. The van der Waals surface area contributed by atoms with Gasteiger partial charge in [-0.1, -0.05) is 26.3 Å². The quantitative estimate of drug-likeness (QED) is 0.778. The number of amides is 1. The Morgan fingerprint density at radius 2 is 1.81 bits per heavy atom. The molecule has 0 saturated carbocycles. The van der Waals surface area contributed by atoms with Gasteiger partial charge in [-0.25, -0.2) is 13.8 Å². The van der Waals surface area contributed by atoms with Crippen molar-refractivity contribution in [2.75, 3.05) is 6.54 Å². The molecule has 144 valence electrons. The van der Waals surface area contributed by atoms with E-state index in [0.29, 0.717) is 24.4 Å². The minimum absolute atomic E-state index is 0.136. The van der Waals surface area contributed by atoms with Gasteiger partial charge in [-0.2, -0.15) is 0 Å². The largest absolute Gasteiger partial charge is 0.357 e. The van der Waals surface area contributed by atoms with Crippen LogP contribution in [0.15, 0.2) is 29.3 Å². The van der Waals surface area contributed by atoms with Crippen LogP contribution in [0.5, 0.6) is 0 Å². The van der Waals surface area contributed by atoms with Crippen molar-refractivity contribution in [2.24, 2.45) is 10.9 Å². The molecule has 5 nitrogen and oxygen atoms in total. The van der Waals surface area contributed by atoms with Crippen molar-refractivity contribution in [3.63, 3.8) is 0 Å².